The molecule has 1 aromatic heterocycles. The highest BCUT2D eigenvalue weighted by molar-refractivity contribution is 7.10. The average Bonchev–Trinajstić information content (AvgIpc) is 2.91. The third-order valence-electron chi connectivity index (χ3n) is 3.84. The van der Waals surface area contributed by atoms with Crippen LogP contribution in [0.15, 0.2) is 29.6 Å². The summed E-state index contributed by atoms with van der Waals surface area (Å²) in [5.41, 5.74) is 9.56. The number of benzene rings is 1. The third-order valence-corrected chi connectivity index (χ3v) is 4.83. The van der Waals surface area contributed by atoms with Gasteiger partial charge in [0.2, 0.25) is 5.91 Å². The zero-order valence-corrected chi connectivity index (χ0v) is 12.3. The summed E-state index contributed by atoms with van der Waals surface area (Å²) >= 11 is 1.75. The zero-order chi connectivity index (χ0) is 14.1. The molecule has 3 rings (SSSR count). The molecule has 0 fully saturated rings. The van der Waals surface area contributed by atoms with Crippen molar-refractivity contribution in [3.8, 4) is 0 Å². The van der Waals surface area contributed by atoms with Crippen LogP contribution in [0.2, 0.25) is 0 Å². The Morgan fingerprint density at radius 2 is 2.25 bits per heavy atom. The summed E-state index contributed by atoms with van der Waals surface area (Å²) in [6.07, 6.45) is 3.10. The molecule has 0 aliphatic heterocycles. The van der Waals surface area contributed by atoms with Crippen molar-refractivity contribution in [1.82, 2.24) is 0 Å². The Bertz CT molecular complexity index is 648. The van der Waals surface area contributed by atoms with Gasteiger partial charge in [-0.2, -0.15) is 0 Å². The predicted octanol–water partition coefficient (Wildman–Crippen LogP) is 3.70. The van der Waals surface area contributed by atoms with E-state index in [2.05, 4.69) is 16.8 Å². The number of hydrogen-bond donors (Lipinski definition) is 2. The van der Waals surface area contributed by atoms with E-state index in [1.165, 1.54) is 10.4 Å². The Morgan fingerprint density at radius 3 is 3.10 bits per heavy atom. The van der Waals surface area contributed by atoms with Crippen LogP contribution in [-0.2, 0) is 11.2 Å². The average molecular weight is 286 g/mol. The van der Waals surface area contributed by atoms with Crippen LogP contribution >= 0.6 is 11.3 Å². The van der Waals surface area contributed by atoms with Crippen molar-refractivity contribution in [2.45, 2.75) is 32.1 Å². The molecule has 0 bridgehead atoms. The highest BCUT2D eigenvalue weighted by atomic mass is 32.1. The van der Waals surface area contributed by atoms with E-state index in [1.54, 1.807) is 11.3 Å². The van der Waals surface area contributed by atoms with Crippen LogP contribution in [0.1, 0.15) is 34.8 Å². The molecule has 1 aromatic carbocycles. The van der Waals surface area contributed by atoms with Crippen molar-refractivity contribution < 1.29 is 4.79 Å². The summed E-state index contributed by atoms with van der Waals surface area (Å²) in [7, 11) is 0. The summed E-state index contributed by atoms with van der Waals surface area (Å²) < 4.78 is 0. The monoisotopic (exact) mass is 286 g/mol. The fourth-order valence-corrected chi connectivity index (χ4v) is 3.74. The standard InChI is InChI=1S/C16H18N2OS/c1-10-5-6-13(17)14(9-10)18-16(19)12-3-2-4-15-11(12)7-8-20-15/h5-9,12H,2-4,17H2,1H3,(H,18,19). The number of fused-ring (bicyclic) bond motifs is 1. The number of carbonyl (C=O) groups excluding carboxylic acids is 1. The topological polar surface area (TPSA) is 55.1 Å². The lowest BCUT2D eigenvalue weighted by Crippen LogP contribution is -2.24. The van der Waals surface area contributed by atoms with E-state index in [1.807, 2.05) is 25.1 Å². The van der Waals surface area contributed by atoms with Crippen LogP contribution in [0.25, 0.3) is 0 Å². The van der Waals surface area contributed by atoms with Crippen molar-refractivity contribution in [3.05, 3.63) is 45.6 Å². The van der Waals surface area contributed by atoms with Crippen LogP contribution in [0.5, 0.6) is 0 Å². The Kier molecular flexibility index (Phi) is 3.49. The first-order valence-corrected chi connectivity index (χ1v) is 7.76. The van der Waals surface area contributed by atoms with Gasteiger partial charge in [-0.05, 0) is 60.9 Å². The number of nitrogens with one attached hydrogen (secondary N) is 1. The summed E-state index contributed by atoms with van der Waals surface area (Å²) in [6, 6.07) is 7.79. The smallest absolute Gasteiger partial charge is 0.232 e. The van der Waals surface area contributed by atoms with E-state index in [0.717, 1.165) is 30.5 Å². The number of nitrogen functional groups attached to an aromatic ring is 1. The van der Waals surface area contributed by atoms with Crippen LogP contribution in [0.4, 0.5) is 11.4 Å². The second-order valence-corrected chi connectivity index (χ2v) is 6.32. The first-order valence-electron chi connectivity index (χ1n) is 6.88. The SMILES string of the molecule is Cc1ccc(N)c(NC(=O)C2CCCc3sccc32)c1. The van der Waals surface area contributed by atoms with E-state index in [-0.39, 0.29) is 11.8 Å². The molecule has 2 aromatic rings. The van der Waals surface area contributed by atoms with Crippen molar-refractivity contribution in [2.24, 2.45) is 0 Å². The van der Waals surface area contributed by atoms with Crippen LogP contribution in [0.3, 0.4) is 0 Å². The van der Waals surface area contributed by atoms with Crippen molar-refractivity contribution in [3.63, 3.8) is 0 Å². The lowest BCUT2D eigenvalue weighted by Gasteiger charge is -2.22. The Labute approximate surface area is 122 Å². The first-order chi connectivity index (χ1) is 9.65. The maximum absolute atomic E-state index is 12.5. The summed E-state index contributed by atoms with van der Waals surface area (Å²) in [5, 5.41) is 5.07. The largest absolute Gasteiger partial charge is 0.397 e. The van der Waals surface area contributed by atoms with Crippen molar-refractivity contribution in [1.29, 1.82) is 0 Å². The molecule has 1 heterocycles. The van der Waals surface area contributed by atoms with E-state index < -0.39 is 0 Å². The first kappa shape index (κ1) is 13.2. The normalized spacial score (nSPS) is 17.6. The second kappa shape index (κ2) is 5.29. The number of thiophene rings is 1. The summed E-state index contributed by atoms with van der Waals surface area (Å²) in [6.45, 7) is 1.99. The van der Waals surface area contributed by atoms with Crippen molar-refractivity contribution >= 4 is 28.6 Å². The molecule has 104 valence electrons. The highest BCUT2D eigenvalue weighted by Crippen LogP contribution is 2.36. The fourth-order valence-electron chi connectivity index (χ4n) is 2.76. The van der Waals surface area contributed by atoms with Gasteiger partial charge < -0.3 is 11.1 Å². The maximum atomic E-state index is 12.5. The summed E-state index contributed by atoms with van der Waals surface area (Å²) in [5.74, 6) is 0.0200. The molecule has 1 atom stereocenters. The van der Waals surface area contributed by atoms with Crippen molar-refractivity contribution in [2.75, 3.05) is 11.1 Å². The van der Waals surface area contributed by atoms with E-state index in [0.29, 0.717) is 5.69 Å². The molecular weight excluding hydrogens is 268 g/mol. The predicted molar refractivity (Wildman–Crippen MR) is 84.2 cm³/mol. The lowest BCUT2D eigenvalue weighted by atomic mass is 9.87. The third kappa shape index (κ3) is 2.43. The number of anilines is 2. The molecule has 1 aliphatic carbocycles. The van der Waals surface area contributed by atoms with Gasteiger partial charge in [0.15, 0.2) is 0 Å². The molecule has 3 N–H and O–H groups in total. The molecule has 0 radical (unpaired) electrons. The maximum Gasteiger partial charge on any atom is 0.232 e. The quantitative estimate of drug-likeness (QED) is 0.827. The minimum absolute atomic E-state index is 0.0371. The molecule has 0 spiro atoms. The Hall–Kier alpha value is -1.81. The number of rotatable bonds is 2. The van der Waals surface area contributed by atoms with E-state index in [9.17, 15) is 4.79 Å². The number of aryl methyl sites for hydroxylation is 2. The van der Waals surface area contributed by atoms with Gasteiger partial charge in [0.05, 0.1) is 17.3 Å². The molecule has 3 nitrogen and oxygen atoms in total. The minimum Gasteiger partial charge on any atom is -0.397 e. The molecule has 0 saturated heterocycles. The van der Waals surface area contributed by atoms with Crippen LogP contribution < -0.4 is 11.1 Å². The number of nitrogens with two attached hydrogens (primary N) is 1. The van der Waals surface area contributed by atoms with Gasteiger partial charge >= 0.3 is 0 Å². The Morgan fingerprint density at radius 1 is 1.40 bits per heavy atom. The van der Waals surface area contributed by atoms with Gasteiger partial charge in [-0.25, -0.2) is 0 Å². The van der Waals surface area contributed by atoms with Gasteiger partial charge in [0.1, 0.15) is 0 Å². The van der Waals surface area contributed by atoms with Crippen LogP contribution in [0, 0.1) is 6.92 Å². The molecule has 4 heteroatoms. The summed E-state index contributed by atoms with van der Waals surface area (Å²) in [4.78, 5) is 13.9. The van der Waals surface area contributed by atoms with Gasteiger partial charge in [0.25, 0.3) is 0 Å². The van der Waals surface area contributed by atoms with Crippen LogP contribution in [-0.4, -0.2) is 5.91 Å². The molecule has 1 unspecified atom stereocenters. The molecule has 1 aliphatic rings. The number of amides is 1. The van der Waals surface area contributed by atoms with Gasteiger partial charge in [-0.15, -0.1) is 11.3 Å². The van der Waals surface area contributed by atoms with E-state index >= 15 is 0 Å². The van der Waals surface area contributed by atoms with Gasteiger partial charge in [-0.3, -0.25) is 4.79 Å². The lowest BCUT2D eigenvalue weighted by molar-refractivity contribution is -0.117. The highest BCUT2D eigenvalue weighted by Gasteiger charge is 2.27. The molecular formula is C16H18N2OS. The molecule has 20 heavy (non-hydrogen) atoms. The Balaban J connectivity index is 1.83. The zero-order valence-electron chi connectivity index (χ0n) is 11.5. The molecule has 1 amide bonds. The fraction of sp³-hybridized carbons (Fsp3) is 0.312. The van der Waals surface area contributed by atoms with E-state index in [4.69, 9.17) is 5.73 Å². The second-order valence-electron chi connectivity index (χ2n) is 5.32. The number of hydrogen-bond acceptors (Lipinski definition) is 3. The van der Waals surface area contributed by atoms with Gasteiger partial charge in [0, 0.05) is 4.88 Å². The van der Waals surface area contributed by atoms with Gasteiger partial charge in [-0.1, -0.05) is 6.07 Å². The molecule has 0 saturated carbocycles. The number of carbonyl (C=O) groups is 1. The minimum atomic E-state index is -0.0371.